The minimum Gasteiger partial charge on any atom is -0.293 e. The molecule has 0 saturated carbocycles. The van der Waals surface area contributed by atoms with E-state index in [0.29, 0.717) is 0 Å². The first-order valence-corrected chi connectivity index (χ1v) is 4.58. The summed E-state index contributed by atoms with van der Waals surface area (Å²) in [6.07, 6.45) is 2.04. The molecule has 68 valence electrons. The van der Waals surface area contributed by atoms with Crippen LogP contribution < -0.4 is 0 Å². The summed E-state index contributed by atoms with van der Waals surface area (Å²) >= 11 is 0. The molecule has 0 saturated heterocycles. The fourth-order valence-corrected chi connectivity index (χ4v) is 0.810. The number of rotatable bonds is 3. The van der Waals surface area contributed by atoms with E-state index in [1.807, 2.05) is 19.9 Å². The highest BCUT2D eigenvalue weighted by molar-refractivity contribution is 5.26. The van der Waals surface area contributed by atoms with Crippen LogP contribution in [0, 0.1) is 11.8 Å². The van der Waals surface area contributed by atoms with Crippen LogP contribution in [0.2, 0.25) is 0 Å². The Morgan fingerprint density at radius 3 is 2.33 bits per heavy atom. The van der Waals surface area contributed by atoms with Crippen LogP contribution in [-0.2, 0) is 0 Å². The van der Waals surface area contributed by atoms with Crippen LogP contribution in [0.15, 0.2) is 11.6 Å². The van der Waals surface area contributed by atoms with Gasteiger partial charge in [0.2, 0.25) is 0 Å². The van der Waals surface area contributed by atoms with Crippen LogP contribution >= 0.6 is 0 Å². The maximum atomic E-state index is 3.15. The highest BCUT2D eigenvalue weighted by Crippen LogP contribution is 1.88. The van der Waals surface area contributed by atoms with Crippen molar-refractivity contribution >= 4 is 0 Å². The fourth-order valence-electron chi connectivity index (χ4n) is 0.810. The molecule has 0 fully saturated rings. The van der Waals surface area contributed by atoms with E-state index in [0.717, 1.165) is 25.2 Å². The van der Waals surface area contributed by atoms with Gasteiger partial charge in [-0.1, -0.05) is 31.8 Å². The lowest BCUT2D eigenvalue weighted by Gasteiger charge is -2.13. The fraction of sp³-hybridized carbons (Fsp3) is 0.636. The van der Waals surface area contributed by atoms with Gasteiger partial charge in [-0.25, -0.2) is 0 Å². The molecule has 0 aliphatic heterocycles. The van der Waals surface area contributed by atoms with Crippen LogP contribution in [0.3, 0.4) is 0 Å². The van der Waals surface area contributed by atoms with Gasteiger partial charge in [-0.05, 0) is 32.5 Å². The Morgan fingerprint density at radius 2 is 1.92 bits per heavy atom. The molecular formula is C11H19N. The summed E-state index contributed by atoms with van der Waals surface area (Å²) in [7, 11) is 0. The lowest BCUT2D eigenvalue weighted by atomic mass is 10.3. The first kappa shape index (κ1) is 11.3. The lowest BCUT2D eigenvalue weighted by molar-refractivity contribution is 0.342. The molecule has 0 aliphatic carbocycles. The van der Waals surface area contributed by atoms with Crippen molar-refractivity contribution in [3.63, 3.8) is 0 Å². The van der Waals surface area contributed by atoms with Crippen LogP contribution in [0.5, 0.6) is 0 Å². The van der Waals surface area contributed by atoms with E-state index < -0.39 is 0 Å². The van der Waals surface area contributed by atoms with Crippen molar-refractivity contribution in [1.29, 1.82) is 0 Å². The first-order chi connectivity index (χ1) is 5.74. The average molecular weight is 165 g/mol. The minimum atomic E-state index is 0.887. The first-order valence-electron chi connectivity index (χ1n) is 4.58. The smallest absolute Gasteiger partial charge is 0.0605 e. The van der Waals surface area contributed by atoms with E-state index >= 15 is 0 Å². The summed E-state index contributed by atoms with van der Waals surface area (Å²) in [6, 6.07) is 0. The Hall–Kier alpha value is -0.740. The van der Waals surface area contributed by atoms with E-state index in [9.17, 15) is 0 Å². The zero-order valence-corrected chi connectivity index (χ0v) is 8.65. The van der Waals surface area contributed by atoms with Crippen LogP contribution in [-0.4, -0.2) is 24.5 Å². The van der Waals surface area contributed by atoms with Crippen molar-refractivity contribution in [1.82, 2.24) is 4.90 Å². The van der Waals surface area contributed by atoms with Gasteiger partial charge in [-0.2, -0.15) is 0 Å². The van der Waals surface area contributed by atoms with Gasteiger partial charge in [0.05, 0.1) is 6.54 Å². The van der Waals surface area contributed by atoms with E-state index in [1.165, 1.54) is 0 Å². The van der Waals surface area contributed by atoms with Gasteiger partial charge < -0.3 is 0 Å². The summed E-state index contributed by atoms with van der Waals surface area (Å²) < 4.78 is 0. The largest absolute Gasteiger partial charge is 0.293 e. The van der Waals surface area contributed by atoms with Gasteiger partial charge in [0.25, 0.3) is 0 Å². The number of allylic oxidation sites excluding steroid dienone is 2. The topological polar surface area (TPSA) is 3.24 Å². The van der Waals surface area contributed by atoms with Gasteiger partial charge in [-0.3, -0.25) is 4.90 Å². The summed E-state index contributed by atoms with van der Waals surface area (Å²) in [6.45, 7) is 11.4. The molecule has 0 N–H and O–H groups in total. The molecule has 0 amide bonds. The minimum absolute atomic E-state index is 0.887. The standard InChI is InChI=1S/C11H19N/c1-5-11(4)9-8-10-12(6-2)7-3/h5H,6-7,10H2,1-4H3. The zero-order valence-electron chi connectivity index (χ0n) is 8.65. The molecule has 0 unspecified atom stereocenters. The molecule has 0 aliphatic rings. The van der Waals surface area contributed by atoms with E-state index in [1.54, 1.807) is 0 Å². The van der Waals surface area contributed by atoms with Crippen LogP contribution in [0.1, 0.15) is 27.7 Å². The quantitative estimate of drug-likeness (QED) is 0.580. The van der Waals surface area contributed by atoms with Gasteiger partial charge >= 0.3 is 0 Å². The van der Waals surface area contributed by atoms with Crippen molar-refractivity contribution in [3.8, 4) is 11.8 Å². The average Bonchev–Trinajstić information content (AvgIpc) is 2.12. The zero-order chi connectivity index (χ0) is 9.40. The molecule has 1 heteroatoms. The van der Waals surface area contributed by atoms with Crippen LogP contribution in [0.4, 0.5) is 0 Å². The normalized spacial score (nSPS) is 11.2. The Balaban J connectivity index is 3.84. The predicted octanol–water partition coefficient (Wildman–Crippen LogP) is 2.30. The Morgan fingerprint density at radius 1 is 1.33 bits per heavy atom. The van der Waals surface area contributed by atoms with Crippen LogP contribution in [0.25, 0.3) is 0 Å². The maximum Gasteiger partial charge on any atom is 0.0605 e. The molecule has 0 atom stereocenters. The molecule has 0 heterocycles. The lowest BCUT2D eigenvalue weighted by Crippen LogP contribution is -2.22. The third kappa shape index (κ3) is 4.98. The Kier molecular flexibility index (Phi) is 6.51. The summed E-state index contributed by atoms with van der Waals surface area (Å²) in [5.74, 6) is 6.25. The SMILES string of the molecule is CC=C(C)C#CCN(CC)CC. The second kappa shape index (κ2) is 6.94. The molecule has 0 aromatic heterocycles. The molecule has 1 nitrogen and oxygen atoms in total. The third-order valence-corrected chi connectivity index (χ3v) is 1.92. The highest BCUT2D eigenvalue weighted by Gasteiger charge is 1.92. The molecule has 0 aromatic carbocycles. The van der Waals surface area contributed by atoms with Crippen molar-refractivity contribution in [3.05, 3.63) is 11.6 Å². The second-order valence-electron chi connectivity index (χ2n) is 2.73. The number of hydrogen-bond donors (Lipinski definition) is 0. The number of hydrogen-bond acceptors (Lipinski definition) is 1. The Labute approximate surface area is 76.5 Å². The predicted molar refractivity (Wildman–Crippen MR) is 55.0 cm³/mol. The van der Waals surface area contributed by atoms with Crippen molar-refractivity contribution in [2.45, 2.75) is 27.7 Å². The van der Waals surface area contributed by atoms with E-state index in [4.69, 9.17) is 0 Å². The van der Waals surface area contributed by atoms with Gasteiger partial charge in [-0.15, -0.1) is 0 Å². The summed E-state index contributed by atoms with van der Waals surface area (Å²) in [5, 5.41) is 0. The second-order valence-corrected chi connectivity index (χ2v) is 2.73. The van der Waals surface area contributed by atoms with E-state index in [-0.39, 0.29) is 0 Å². The number of nitrogens with zero attached hydrogens (tertiary/aromatic N) is 1. The molecular weight excluding hydrogens is 146 g/mol. The molecule has 0 rings (SSSR count). The summed E-state index contributed by atoms with van der Waals surface area (Å²) in [4.78, 5) is 2.30. The third-order valence-electron chi connectivity index (χ3n) is 1.92. The van der Waals surface area contributed by atoms with Crippen molar-refractivity contribution < 1.29 is 0 Å². The highest BCUT2D eigenvalue weighted by atomic mass is 15.1. The molecule has 0 radical (unpaired) electrons. The Bertz CT molecular complexity index is 189. The van der Waals surface area contributed by atoms with E-state index in [2.05, 4.69) is 30.6 Å². The monoisotopic (exact) mass is 165 g/mol. The molecule has 12 heavy (non-hydrogen) atoms. The molecule has 0 aromatic rings. The van der Waals surface area contributed by atoms with Gasteiger partial charge in [0, 0.05) is 0 Å². The molecule has 0 bridgehead atoms. The van der Waals surface area contributed by atoms with Gasteiger partial charge in [0.15, 0.2) is 0 Å². The van der Waals surface area contributed by atoms with Crippen molar-refractivity contribution in [2.75, 3.05) is 19.6 Å². The van der Waals surface area contributed by atoms with Crippen molar-refractivity contribution in [2.24, 2.45) is 0 Å². The molecule has 0 spiro atoms. The summed E-state index contributed by atoms with van der Waals surface area (Å²) in [5.41, 5.74) is 1.15. The maximum absolute atomic E-state index is 3.15. The van der Waals surface area contributed by atoms with Gasteiger partial charge in [0.1, 0.15) is 0 Å².